The van der Waals surface area contributed by atoms with Crippen LogP contribution in [-0.2, 0) is 20.0 Å². The monoisotopic (exact) mass is 356 g/mol. The highest BCUT2D eigenvalue weighted by atomic mass is 32.2. The number of hydrogen-bond acceptors (Lipinski definition) is 5. The molecule has 8 nitrogen and oxygen atoms in total. The van der Waals surface area contributed by atoms with Crippen molar-refractivity contribution in [2.45, 2.75) is 9.79 Å². The lowest BCUT2D eigenvalue weighted by molar-refractivity contribution is 0.0698. The van der Waals surface area contributed by atoms with Crippen LogP contribution in [0.1, 0.15) is 10.4 Å². The van der Waals surface area contributed by atoms with E-state index in [-0.39, 0.29) is 21.0 Å². The van der Waals surface area contributed by atoms with Gasteiger partial charge in [0.05, 0.1) is 21.0 Å². The number of aromatic carboxylic acids is 1. The first kappa shape index (κ1) is 16.9. The molecule has 0 amide bonds. The van der Waals surface area contributed by atoms with Crippen LogP contribution >= 0.6 is 0 Å². The van der Waals surface area contributed by atoms with Crippen LogP contribution in [0.25, 0.3) is 0 Å². The Balaban J connectivity index is 2.39. The minimum absolute atomic E-state index is 0.101. The van der Waals surface area contributed by atoms with Crippen molar-refractivity contribution in [3.8, 4) is 0 Å². The summed E-state index contributed by atoms with van der Waals surface area (Å²) in [4.78, 5) is 10.6. The fraction of sp³-hybridized carbons (Fsp3) is 0. The average molecular weight is 356 g/mol. The number of carboxylic acids is 1. The normalized spacial score (nSPS) is 11.9. The zero-order chi connectivity index (χ0) is 17.3. The third-order valence-corrected chi connectivity index (χ3v) is 5.18. The Kier molecular flexibility index (Phi) is 4.41. The molecule has 0 spiro atoms. The van der Waals surface area contributed by atoms with Crippen LogP contribution in [0.5, 0.6) is 0 Å². The van der Waals surface area contributed by atoms with Crippen LogP contribution in [0.2, 0.25) is 0 Å². The van der Waals surface area contributed by atoms with Gasteiger partial charge in [-0.15, -0.1) is 0 Å². The third kappa shape index (κ3) is 3.86. The second-order valence-corrected chi connectivity index (χ2v) is 7.72. The van der Waals surface area contributed by atoms with Gasteiger partial charge < -0.3 is 5.11 Å². The zero-order valence-corrected chi connectivity index (χ0v) is 13.1. The summed E-state index contributed by atoms with van der Waals surface area (Å²) in [7, 11) is -8.02. The van der Waals surface area contributed by atoms with Gasteiger partial charge in [0, 0.05) is 0 Å². The van der Waals surface area contributed by atoms with E-state index in [9.17, 15) is 21.6 Å². The van der Waals surface area contributed by atoms with Gasteiger partial charge in [-0.2, -0.15) is 0 Å². The van der Waals surface area contributed by atoms with Crippen molar-refractivity contribution in [1.29, 1.82) is 0 Å². The molecule has 0 bridgehead atoms. The highest BCUT2D eigenvalue weighted by Gasteiger charge is 2.19. The van der Waals surface area contributed by atoms with Crippen LogP contribution in [0.15, 0.2) is 58.3 Å². The van der Waals surface area contributed by atoms with Gasteiger partial charge in [0.2, 0.25) is 10.0 Å². The minimum Gasteiger partial charge on any atom is -0.478 e. The fourth-order valence-electron chi connectivity index (χ4n) is 1.77. The van der Waals surface area contributed by atoms with Crippen LogP contribution in [0.3, 0.4) is 0 Å². The van der Waals surface area contributed by atoms with E-state index < -0.39 is 26.0 Å². The van der Waals surface area contributed by atoms with Crippen molar-refractivity contribution in [3.05, 3.63) is 54.1 Å². The molecular formula is C13H12N2O6S2. The quantitative estimate of drug-likeness (QED) is 0.724. The molecule has 0 aliphatic heterocycles. The molecule has 23 heavy (non-hydrogen) atoms. The molecule has 0 atom stereocenters. The standard InChI is InChI=1S/C13H12N2O6S2/c14-22(18,19)9-5-7-10(8-6-9)23(20,21)15-12-4-2-1-3-11(12)13(16)17/h1-8,15H,(H,16,17)(H2,14,18,19). The number of sulfonamides is 2. The SMILES string of the molecule is NS(=O)(=O)c1ccc(S(=O)(=O)Nc2ccccc2C(=O)O)cc1. The van der Waals surface area contributed by atoms with Crippen molar-refractivity contribution in [1.82, 2.24) is 0 Å². The number of nitrogens with two attached hydrogens (primary N) is 1. The lowest BCUT2D eigenvalue weighted by atomic mass is 10.2. The van der Waals surface area contributed by atoms with Crippen molar-refractivity contribution < 1.29 is 26.7 Å². The van der Waals surface area contributed by atoms with Crippen LogP contribution in [0, 0.1) is 0 Å². The minimum atomic E-state index is -4.08. The molecule has 0 aliphatic carbocycles. The van der Waals surface area contributed by atoms with Gasteiger partial charge in [-0.25, -0.2) is 26.8 Å². The maximum absolute atomic E-state index is 12.3. The lowest BCUT2D eigenvalue weighted by Gasteiger charge is -2.10. The molecule has 0 aromatic heterocycles. The molecule has 2 aromatic rings. The zero-order valence-electron chi connectivity index (χ0n) is 11.5. The van der Waals surface area contributed by atoms with Crippen molar-refractivity contribution >= 4 is 31.7 Å². The number of rotatable bonds is 5. The molecule has 0 aliphatic rings. The topological polar surface area (TPSA) is 144 Å². The maximum Gasteiger partial charge on any atom is 0.337 e. The summed E-state index contributed by atoms with van der Waals surface area (Å²) in [5.74, 6) is -1.28. The van der Waals surface area contributed by atoms with Crippen molar-refractivity contribution in [2.75, 3.05) is 4.72 Å². The summed E-state index contributed by atoms with van der Waals surface area (Å²) < 4.78 is 49.0. The number of primary sulfonamides is 1. The van der Waals surface area contributed by atoms with Crippen molar-refractivity contribution in [3.63, 3.8) is 0 Å². The third-order valence-electron chi connectivity index (χ3n) is 2.86. The van der Waals surface area contributed by atoms with Gasteiger partial charge in [0.25, 0.3) is 10.0 Å². The highest BCUT2D eigenvalue weighted by molar-refractivity contribution is 7.92. The summed E-state index contributed by atoms with van der Waals surface area (Å²) in [6.45, 7) is 0. The smallest absolute Gasteiger partial charge is 0.337 e. The first-order chi connectivity index (χ1) is 10.6. The summed E-state index contributed by atoms with van der Waals surface area (Å²) >= 11 is 0. The Morgan fingerprint density at radius 3 is 1.96 bits per heavy atom. The van der Waals surface area contributed by atoms with Crippen molar-refractivity contribution in [2.24, 2.45) is 5.14 Å². The number of hydrogen-bond donors (Lipinski definition) is 3. The van der Waals surface area contributed by atoms with Gasteiger partial charge in [0.1, 0.15) is 0 Å². The van der Waals surface area contributed by atoms with Gasteiger partial charge in [0.15, 0.2) is 0 Å². The van der Waals surface area contributed by atoms with Gasteiger partial charge in [-0.1, -0.05) is 12.1 Å². The molecule has 4 N–H and O–H groups in total. The van der Waals surface area contributed by atoms with E-state index in [0.717, 1.165) is 24.3 Å². The van der Waals surface area contributed by atoms with E-state index in [4.69, 9.17) is 10.2 Å². The van der Waals surface area contributed by atoms with E-state index in [2.05, 4.69) is 4.72 Å². The van der Waals surface area contributed by atoms with Crippen LogP contribution in [-0.4, -0.2) is 27.9 Å². The number of carbonyl (C=O) groups is 1. The maximum atomic E-state index is 12.3. The van der Waals surface area contributed by atoms with Gasteiger partial charge >= 0.3 is 5.97 Å². The predicted octanol–water partition coefficient (Wildman–Crippen LogP) is 0.833. The number of nitrogens with one attached hydrogen (secondary N) is 1. The van der Waals surface area contributed by atoms with E-state index in [1.54, 1.807) is 0 Å². The molecule has 0 saturated carbocycles. The summed E-state index contributed by atoms with van der Waals surface area (Å²) in [6, 6.07) is 9.72. The molecule has 0 radical (unpaired) electrons. The number of carboxylic acid groups (broad SMARTS) is 1. The first-order valence-corrected chi connectivity index (χ1v) is 9.12. The van der Waals surface area contributed by atoms with E-state index >= 15 is 0 Å². The van der Waals surface area contributed by atoms with E-state index in [1.165, 1.54) is 24.3 Å². The van der Waals surface area contributed by atoms with Crippen LogP contribution in [0.4, 0.5) is 5.69 Å². The number of anilines is 1. The molecule has 10 heteroatoms. The Morgan fingerprint density at radius 1 is 0.913 bits per heavy atom. The lowest BCUT2D eigenvalue weighted by Crippen LogP contribution is -2.16. The largest absolute Gasteiger partial charge is 0.478 e. The Morgan fingerprint density at radius 2 is 1.43 bits per heavy atom. The summed E-state index contributed by atoms with van der Waals surface area (Å²) in [6.07, 6.45) is 0. The fourth-order valence-corrected chi connectivity index (χ4v) is 3.37. The molecule has 2 rings (SSSR count). The predicted molar refractivity (Wildman–Crippen MR) is 82.0 cm³/mol. The Bertz CT molecular complexity index is 950. The second-order valence-electron chi connectivity index (χ2n) is 4.47. The highest BCUT2D eigenvalue weighted by Crippen LogP contribution is 2.21. The van der Waals surface area contributed by atoms with E-state index in [1.807, 2.05) is 0 Å². The van der Waals surface area contributed by atoms with E-state index in [0.29, 0.717) is 0 Å². The molecule has 0 heterocycles. The Hall–Kier alpha value is -2.43. The molecular weight excluding hydrogens is 344 g/mol. The first-order valence-electron chi connectivity index (χ1n) is 6.09. The summed E-state index contributed by atoms with van der Waals surface area (Å²) in [5.41, 5.74) is -0.312. The average Bonchev–Trinajstić information content (AvgIpc) is 2.46. The molecule has 0 fully saturated rings. The Labute approximate surface area is 132 Å². The van der Waals surface area contributed by atoms with Gasteiger partial charge in [-0.3, -0.25) is 4.72 Å². The second kappa shape index (κ2) is 5.99. The number of para-hydroxylation sites is 1. The molecule has 0 saturated heterocycles. The molecule has 122 valence electrons. The number of benzene rings is 2. The summed E-state index contributed by atoms with van der Waals surface area (Å²) in [5, 5.41) is 14.0. The van der Waals surface area contributed by atoms with Gasteiger partial charge in [-0.05, 0) is 36.4 Å². The molecule has 0 unspecified atom stereocenters. The molecule has 2 aromatic carbocycles. The van der Waals surface area contributed by atoms with Crippen LogP contribution < -0.4 is 9.86 Å².